The smallest absolute Gasteiger partial charge is 0.00707 e. The Labute approximate surface area is 95.6 Å². The van der Waals surface area contributed by atoms with E-state index in [2.05, 4.69) is 36.4 Å². The third-order valence-electron chi connectivity index (χ3n) is 3.98. The van der Waals surface area contributed by atoms with E-state index in [0.717, 1.165) is 6.42 Å². The lowest BCUT2D eigenvalue weighted by Crippen LogP contribution is -2.04. The van der Waals surface area contributed by atoms with Crippen molar-refractivity contribution in [1.82, 2.24) is 0 Å². The number of aryl methyl sites for hydroxylation is 2. The van der Waals surface area contributed by atoms with E-state index in [4.69, 9.17) is 0 Å². The molecule has 0 amide bonds. The monoisotopic (exact) mass is 206 g/mol. The Bertz CT molecular complexity index is 607. The molecule has 0 fully saturated rings. The third-order valence-corrected chi connectivity index (χ3v) is 3.98. The van der Waals surface area contributed by atoms with Gasteiger partial charge in [0.1, 0.15) is 0 Å². The van der Waals surface area contributed by atoms with Crippen LogP contribution in [-0.2, 0) is 19.3 Å². The fraction of sp³-hybridized carbons (Fsp3) is 0.250. The van der Waals surface area contributed by atoms with Crippen molar-refractivity contribution < 1.29 is 0 Å². The normalized spacial score (nSPS) is 16.8. The summed E-state index contributed by atoms with van der Waals surface area (Å²) in [5.74, 6) is 0. The van der Waals surface area contributed by atoms with Crippen LogP contribution in [0.1, 0.15) is 28.7 Å². The summed E-state index contributed by atoms with van der Waals surface area (Å²) in [6.45, 7) is 0. The standard InChI is InChI=1S/C16H14/c1-3-11-7-9-13-5-2-6-14-10-8-12(4-1)15(11)16(13)14/h1,3,7-10H,2,4-6H2. The fourth-order valence-electron chi connectivity index (χ4n) is 3.25. The van der Waals surface area contributed by atoms with Gasteiger partial charge in [-0.15, -0.1) is 0 Å². The highest BCUT2D eigenvalue weighted by molar-refractivity contribution is 5.99. The minimum Gasteiger partial charge on any atom is -0.0795 e. The van der Waals surface area contributed by atoms with E-state index in [-0.39, 0.29) is 0 Å². The molecule has 4 rings (SSSR count). The van der Waals surface area contributed by atoms with Gasteiger partial charge in [0.05, 0.1) is 0 Å². The summed E-state index contributed by atoms with van der Waals surface area (Å²) in [6.07, 6.45) is 9.50. The molecule has 0 heteroatoms. The maximum Gasteiger partial charge on any atom is -0.00707 e. The van der Waals surface area contributed by atoms with Crippen molar-refractivity contribution in [3.05, 3.63) is 52.6 Å². The highest BCUT2D eigenvalue weighted by Crippen LogP contribution is 2.36. The molecule has 0 atom stereocenters. The van der Waals surface area contributed by atoms with E-state index in [1.54, 1.807) is 16.5 Å². The molecule has 0 bridgehead atoms. The number of allylic oxidation sites excluding steroid dienone is 1. The first-order valence-electron chi connectivity index (χ1n) is 6.16. The second-order valence-electron chi connectivity index (χ2n) is 4.91. The van der Waals surface area contributed by atoms with Gasteiger partial charge in [0, 0.05) is 0 Å². The second-order valence-corrected chi connectivity index (χ2v) is 4.91. The zero-order valence-electron chi connectivity index (χ0n) is 9.29. The topological polar surface area (TPSA) is 0 Å². The minimum absolute atomic E-state index is 1.10. The molecule has 0 N–H and O–H groups in total. The molecule has 0 heterocycles. The van der Waals surface area contributed by atoms with Gasteiger partial charge in [-0.05, 0) is 58.7 Å². The molecular formula is C16H14. The Morgan fingerprint density at radius 1 is 0.750 bits per heavy atom. The Balaban J connectivity index is 2.25. The van der Waals surface area contributed by atoms with Gasteiger partial charge in [0.15, 0.2) is 0 Å². The van der Waals surface area contributed by atoms with Crippen molar-refractivity contribution in [1.29, 1.82) is 0 Å². The van der Waals surface area contributed by atoms with Crippen molar-refractivity contribution in [3.8, 4) is 0 Å². The summed E-state index contributed by atoms with van der Waals surface area (Å²) in [7, 11) is 0. The zero-order valence-corrected chi connectivity index (χ0v) is 9.29. The Morgan fingerprint density at radius 3 is 2.38 bits per heavy atom. The van der Waals surface area contributed by atoms with Crippen LogP contribution < -0.4 is 0 Å². The minimum atomic E-state index is 1.10. The van der Waals surface area contributed by atoms with Crippen LogP contribution in [0.25, 0.3) is 16.8 Å². The van der Waals surface area contributed by atoms with Crippen LogP contribution in [0.2, 0.25) is 0 Å². The van der Waals surface area contributed by atoms with E-state index in [0.29, 0.717) is 0 Å². The van der Waals surface area contributed by atoms with Gasteiger partial charge in [-0.1, -0.05) is 36.4 Å². The summed E-state index contributed by atoms with van der Waals surface area (Å²) < 4.78 is 0. The Kier molecular flexibility index (Phi) is 1.59. The van der Waals surface area contributed by atoms with Crippen LogP contribution >= 0.6 is 0 Å². The van der Waals surface area contributed by atoms with Crippen molar-refractivity contribution in [2.24, 2.45) is 0 Å². The van der Waals surface area contributed by atoms with E-state index in [1.807, 2.05) is 0 Å². The first-order chi connectivity index (χ1) is 7.93. The van der Waals surface area contributed by atoms with Crippen LogP contribution in [0.3, 0.4) is 0 Å². The van der Waals surface area contributed by atoms with Gasteiger partial charge in [-0.25, -0.2) is 0 Å². The molecule has 16 heavy (non-hydrogen) atoms. The van der Waals surface area contributed by atoms with Crippen LogP contribution in [-0.4, -0.2) is 0 Å². The van der Waals surface area contributed by atoms with Gasteiger partial charge in [0.25, 0.3) is 0 Å². The zero-order chi connectivity index (χ0) is 10.5. The molecule has 0 saturated carbocycles. The molecule has 78 valence electrons. The molecule has 0 aliphatic heterocycles. The second kappa shape index (κ2) is 2.98. The largest absolute Gasteiger partial charge is 0.0795 e. The molecule has 0 nitrogen and oxygen atoms in total. The first kappa shape index (κ1) is 8.58. The summed E-state index contributed by atoms with van der Waals surface area (Å²) in [6, 6.07) is 9.31. The molecule has 2 aliphatic carbocycles. The van der Waals surface area contributed by atoms with Crippen LogP contribution in [0.4, 0.5) is 0 Å². The van der Waals surface area contributed by atoms with Crippen molar-refractivity contribution >= 4 is 16.8 Å². The predicted octanol–water partition coefficient (Wildman–Crippen LogP) is 3.90. The van der Waals surface area contributed by atoms with Gasteiger partial charge in [-0.3, -0.25) is 0 Å². The quantitative estimate of drug-likeness (QED) is 0.613. The van der Waals surface area contributed by atoms with E-state index in [1.165, 1.54) is 35.8 Å². The third kappa shape index (κ3) is 0.996. The van der Waals surface area contributed by atoms with Crippen molar-refractivity contribution in [2.75, 3.05) is 0 Å². The maximum absolute atomic E-state index is 2.35. The number of rotatable bonds is 0. The first-order valence-corrected chi connectivity index (χ1v) is 6.16. The summed E-state index contributed by atoms with van der Waals surface area (Å²) >= 11 is 0. The van der Waals surface area contributed by atoms with Crippen LogP contribution in [0.15, 0.2) is 30.3 Å². The predicted molar refractivity (Wildman–Crippen MR) is 68.7 cm³/mol. The van der Waals surface area contributed by atoms with E-state index in [9.17, 15) is 0 Å². The van der Waals surface area contributed by atoms with E-state index >= 15 is 0 Å². The molecular weight excluding hydrogens is 192 g/mol. The average molecular weight is 206 g/mol. The molecule has 0 saturated heterocycles. The molecule has 0 aromatic heterocycles. The lowest BCUT2D eigenvalue weighted by molar-refractivity contribution is 0.807. The molecule has 0 unspecified atom stereocenters. The van der Waals surface area contributed by atoms with Crippen molar-refractivity contribution in [3.63, 3.8) is 0 Å². The number of benzene rings is 2. The van der Waals surface area contributed by atoms with Gasteiger partial charge >= 0.3 is 0 Å². The van der Waals surface area contributed by atoms with Gasteiger partial charge in [-0.2, -0.15) is 0 Å². The SMILES string of the molecule is C1=Cc2ccc3c4c(ccc(c24)C1)CCC3. The lowest BCUT2D eigenvalue weighted by Gasteiger charge is -2.22. The summed E-state index contributed by atoms with van der Waals surface area (Å²) in [4.78, 5) is 0. The molecule has 2 aromatic rings. The van der Waals surface area contributed by atoms with Gasteiger partial charge in [0.2, 0.25) is 0 Å². The average Bonchev–Trinajstić information content (AvgIpc) is 2.36. The van der Waals surface area contributed by atoms with Crippen molar-refractivity contribution in [2.45, 2.75) is 25.7 Å². The number of hydrogen-bond donors (Lipinski definition) is 0. The summed E-state index contributed by atoms with van der Waals surface area (Å²) in [5, 5.41) is 3.11. The number of hydrogen-bond acceptors (Lipinski definition) is 0. The Morgan fingerprint density at radius 2 is 1.50 bits per heavy atom. The highest BCUT2D eigenvalue weighted by Gasteiger charge is 2.17. The molecule has 0 spiro atoms. The highest BCUT2D eigenvalue weighted by atomic mass is 14.2. The molecule has 0 radical (unpaired) electrons. The Hall–Kier alpha value is -1.56. The van der Waals surface area contributed by atoms with E-state index < -0.39 is 0 Å². The van der Waals surface area contributed by atoms with Gasteiger partial charge < -0.3 is 0 Å². The maximum atomic E-state index is 2.35. The van der Waals surface area contributed by atoms with Crippen LogP contribution in [0, 0.1) is 0 Å². The molecule has 2 aromatic carbocycles. The molecule has 2 aliphatic rings. The summed E-state index contributed by atoms with van der Waals surface area (Å²) in [5.41, 5.74) is 6.07. The van der Waals surface area contributed by atoms with Crippen LogP contribution in [0.5, 0.6) is 0 Å². The lowest BCUT2D eigenvalue weighted by atomic mass is 9.83. The fourth-order valence-corrected chi connectivity index (χ4v) is 3.25.